The fraction of sp³-hybridized carbons (Fsp3) is 0.353. The molecule has 6 nitrogen and oxygen atoms in total. The number of carbonyl (C=O) groups is 3. The van der Waals surface area contributed by atoms with E-state index in [1.807, 2.05) is 12.1 Å². The highest BCUT2D eigenvalue weighted by Crippen LogP contribution is 2.22. The van der Waals surface area contributed by atoms with Crippen molar-refractivity contribution in [3.05, 3.63) is 47.5 Å². The van der Waals surface area contributed by atoms with Crippen molar-refractivity contribution in [2.75, 3.05) is 13.2 Å². The maximum atomic E-state index is 12.0. The van der Waals surface area contributed by atoms with Gasteiger partial charge >= 0.3 is 12.0 Å². The molecule has 0 saturated heterocycles. The summed E-state index contributed by atoms with van der Waals surface area (Å²) in [5.74, 6) is -1.25. The van der Waals surface area contributed by atoms with Gasteiger partial charge in [-0.1, -0.05) is 12.1 Å². The average Bonchev–Trinajstić information content (AvgIpc) is 2.57. The molecule has 0 radical (unpaired) electrons. The molecule has 3 amide bonds. The number of carbonyl (C=O) groups excluding carboxylic acids is 3. The van der Waals surface area contributed by atoms with Crippen LogP contribution in [0.25, 0.3) is 0 Å². The van der Waals surface area contributed by atoms with Gasteiger partial charge in [-0.3, -0.25) is 10.1 Å². The van der Waals surface area contributed by atoms with E-state index in [4.69, 9.17) is 4.74 Å². The van der Waals surface area contributed by atoms with Crippen LogP contribution in [0.1, 0.15) is 34.3 Å². The fourth-order valence-corrected chi connectivity index (χ4v) is 2.45. The van der Waals surface area contributed by atoms with Gasteiger partial charge in [-0.25, -0.2) is 9.59 Å². The Balaban J connectivity index is 1.83. The second-order valence-corrected chi connectivity index (χ2v) is 5.31. The number of benzene rings is 1. The molecular weight excluding hydrogens is 296 g/mol. The van der Waals surface area contributed by atoms with Crippen molar-refractivity contribution in [2.24, 2.45) is 0 Å². The topological polar surface area (TPSA) is 84.5 Å². The molecule has 0 saturated carbocycles. The van der Waals surface area contributed by atoms with Gasteiger partial charge in [0.15, 0.2) is 6.61 Å². The maximum Gasteiger partial charge on any atom is 0.338 e. The van der Waals surface area contributed by atoms with E-state index in [0.717, 1.165) is 19.3 Å². The zero-order valence-corrected chi connectivity index (χ0v) is 12.9. The third kappa shape index (κ3) is 4.95. The molecule has 23 heavy (non-hydrogen) atoms. The average molecular weight is 316 g/mol. The predicted octanol–water partition coefficient (Wildman–Crippen LogP) is 1.73. The molecule has 2 rings (SSSR count). The molecular formula is C17H20N2O4. The van der Waals surface area contributed by atoms with Gasteiger partial charge in [-0.15, -0.1) is 6.58 Å². The van der Waals surface area contributed by atoms with E-state index in [1.165, 1.54) is 23.6 Å². The number of amides is 3. The van der Waals surface area contributed by atoms with Crippen molar-refractivity contribution in [2.45, 2.75) is 25.7 Å². The highest BCUT2D eigenvalue weighted by molar-refractivity contribution is 5.97. The highest BCUT2D eigenvalue weighted by atomic mass is 16.5. The van der Waals surface area contributed by atoms with Crippen molar-refractivity contribution in [3.8, 4) is 0 Å². The summed E-state index contributed by atoms with van der Waals surface area (Å²) in [6.45, 7) is 3.18. The normalized spacial score (nSPS) is 12.7. The van der Waals surface area contributed by atoms with Gasteiger partial charge in [-0.05, 0) is 48.9 Å². The SMILES string of the molecule is C=CCNC(=O)NC(=O)COC(=O)c1ccc2c(c1)CCCC2. The third-order valence-corrected chi connectivity index (χ3v) is 3.58. The van der Waals surface area contributed by atoms with E-state index in [9.17, 15) is 14.4 Å². The number of urea groups is 1. The molecule has 0 unspecified atom stereocenters. The van der Waals surface area contributed by atoms with Gasteiger partial charge in [0, 0.05) is 6.54 Å². The zero-order valence-electron chi connectivity index (χ0n) is 12.9. The van der Waals surface area contributed by atoms with Crippen LogP contribution in [0, 0.1) is 0 Å². The molecule has 0 bridgehead atoms. The molecule has 0 atom stereocenters. The standard InChI is InChI=1S/C17H20N2O4/c1-2-9-18-17(22)19-15(20)11-23-16(21)14-8-7-12-5-3-4-6-13(12)10-14/h2,7-8,10H,1,3-6,9,11H2,(H2,18,19,20,22). The number of nitrogens with one attached hydrogen (secondary N) is 2. The number of hydrogen-bond acceptors (Lipinski definition) is 4. The summed E-state index contributed by atoms with van der Waals surface area (Å²) in [6.07, 6.45) is 5.77. The van der Waals surface area contributed by atoms with Crippen LogP contribution in [-0.4, -0.2) is 31.1 Å². The minimum Gasteiger partial charge on any atom is -0.452 e. The number of hydrogen-bond donors (Lipinski definition) is 2. The van der Waals surface area contributed by atoms with Crippen molar-refractivity contribution >= 4 is 17.9 Å². The van der Waals surface area contributed by atoms with Crippen LogP contribution >= 0.6 is 0 Å². The molecule has 2 N–H and O–H groups in total. The van der Waals surface area contributed by atoms with E-state index < -0.39 is 24.5 Å². The first-order valence-electron chi connectivity index (χ1n) is 7.57. The van der Waals surface area contributed by atoms with E-state index in [0.29, 0.717) is 5.56 Å². The molecule has 1 aliphatic carbocycles. The Hall–Kier alpha value is -2.63. The Bertz CT molecular complexity index is 625. The quantitative estimate of drug-likeness (QED) is 0.640. The monoisotopic (exact) mass is 316 g/mol. The largest absolute Gasteiger partial charge is 0.452 e. The van der Waals surface area contributed by atoms with Gasteiger partial charge in [0.25, 0.3) is 5.91 Å². The zero-order chi connectivity index (χ0) is 16.7. The van der Waals surface area contributed by atoms with E-state index >= 15 is 0 Å². The minimum atomic E-state index is -0.683. The van der Waals surface area contributed by atoms with E-state index in [-0.39, 0.29) is 6.54 Å². The summed E-state index contributed by atoms with van der Waals surface area (Å²) in [7, 11) is 0. The Kier molecular flexibility index (Phi) is 5.91. The van der Waals surface area contributed by atoms with Gasteiger partial charge < -0.3 is 10.1 Å². The molecule has 0 aromatic heterocycles. The van der Waals surface area contributed by atoms with Crippen molar-refractivity contribution in [1.82, 2.24) is 10.6 Å². The molecule has 0 spiro atoms. The van der Waals surface area contributed by atoms with Gasteiger partial charge in [0.05, 0.1) is 5.56 Å². The summed E-state index contributed by atoms with van der Waals surface area (Å²) >= 11 is 0. The Labute approximate surface area is 134 Å². The minimum absolute atomic E-state index is 0.244. The molecule has 0 heterocycles. The van der Waals surface area contributed by atoms with Crippen molar-refractivity contribution < 1.29 is 19.1 Å². The van der Waals surface area contributed by atoms with Gasteiger partial charge in [0.2, 0.25) is 0 Å². The van der Waals surface area contributed by atoms with Crippen LogP contribution in [-0.2, 0) is 22.4 Å². The molecule has 1 aromatic rings. The number of ether oxygens (including phenoxy) is 1. The van der Waals surface area contributed by atoms with Crippen LogP contribution in [0.5, 0.6) is 0 Å². The lowest BCUT2D eigenvalue weighted by atomic mass is 9.90. The van der Waals surface area contributed by atoms with E-state index in [1.54, 1.807) is 6.07 Å². The number of fused-ring (bicyclic) bond motifs is 1. The lowest BCUT2D eigenvalue weighted by Gasteiger charge is -2.16. The van der Waals surface area contributed by atoms with Crippen molar-refractivity contribution in [1.29, 1.82) is 0 Å². The second kappa shape index (κ2) is 8.12. The summed E-state index contributed by atoms with van der Waals surface area (Å²) in [5, 5.41) is 4.44. The Morgan fingerprint density at radius 2 is 1.91 bits per heavy atom. The molecule has 1 aliphatic rings. The second-order valence-electron chi connectivity index (χ2n) is 5.31. The fourth-order valence-electron chi connectivity index (χ4n) is 2.45. The number of aryl methyl sites for hydroxylation is 2. The van der Waals surface area contributed by atoms with Gasteiger partial charge in [0.1, 0.15) is 0 Å². The molecule has 0 fully saturated rings. The number of rotatable bonds is 5. The first kappa shape index (κ1) is 16.7. The summed E-state index contributed by atoms with van der Waals surface area (Å²) in [6, 6.07) is 4.82. The smallest absolute Gasteiger partial charge is 0.338 e. The third-order valence-electron chi connectivity index (χ3n) is 3.58. The number of imide groups is 1. The lowest BCUT2D eigenvalue weighted by Crippen LogP contribution is -2.41. The van der Waals surface area contributed by atoms with Crippen LogP contribution in [0.3, 0.4) is 0 Å². The Morgan fingerprint density at radius 1 is 1.17 bits per heavy atom. The first-order valence-corrected chi connectivity index (χ1v) is 7.57. The molecule has 6 heteroatoms. The van der Waals surface area contributed by atoms with Crippen LogP contribution in [0.15, 0.2) is 30.9 Å². The predicted molar refractivity (Wildman–Crippen MR) is 85.1 cm³/mol. The molecule has 122 valence electrons. The summed E-state index contributed by atoms with van der Waals surface area (Å²) in [4.78, 5) is 34.7. The van der Waals surface area contributed by atoms with Gasteiger partial charge in [-0.2, -0.15) is 0 Å². The maximum absolute atomic E-state index is 12.0. The number of esters is 1. The van der Waals surface area contributed by atoms with E-state index in [2.05, 4.69) is 17.2 Å². The molecule has 1 aromatic carbocycles. The summed E-state index contributed by atoms with van der Waals surface area (Å²) in [5.41, 5.74) is 2.86. The lowest BCUT2D eigenvalue weighted by molar-refractivity contribution is -0.123. The summed E-state index contributed by atoms with van der Waals surface area (Å²) < 4.78 is 4.94. The van der Waals surface area contributed by atoms with Crippen molar-refractivity contribution in [3.63, 3.8) is 0 Å². The molecule has 0 aliphatic heterocycles. The highest BCUT2D eigenvalue weighted by Gasteiger charge is 2.15. The van der Waals surface area contributed by atoms with Crippen LogP contribution < -0.4 is 10.6 Å². The first-order chi connectivity index (χ1) is 11.1. The Morgan fingerprint density at radius 3 is 2.65 bits per heavy atom. The van der Waals surface area contributed by atoms with Crippen LogP contribution in [0.4, 0.5) is 4.79 Å². The van der Waals surface area contributed by atoms with Crippen LogP contribution in [0.2, 0.25) is 0 Å².